The Hall–Kier alpha value is -3.26. The molecule has 0 heterocycles. The normalized spacial score (nSPS) is 11.2. The van der Waals surface area contributed by atoms with Gasteiger partial charge in [0.25, 0.3) is 15.9 Å². The van der Waals surface area contributed by atoms with Gasteiger partial charge in [0.05, 0.1) is 10.6 Å². The van der Waals surface area contributed by atoms with Crippen LogP contribution in [0.15, 0.2) is 65.6 Å². The van der Waals surface area contributed by atoms with Crippen molar-refractivity contribution in [3.05, 3.63) is 89.0 Å². The quantitative estimate of drug-likeness (QED) is 0.637. The molecule has 0 aromatic heterocycles. The average Bonchev–Trinajstić information content (AvgIpc) is 2.65. The van der Waals surface area contributed by atoms with E-state index < -0.39 is 27.6 Å². The second-order valence-corrected chi connectivity index (χ2v) is 8.18. The van der Waals surface area contributed by atoms with E-state index in [2.05, 4.69) is 10.0 Å². The molecule has 29 heavy (non-hydrogen) atoms. The predicted octanol–water partition coefficient (Wildman–Crippen LogP) is 4.63. The van der Waals surface area contributed by atoms with Gasteiger partial charge < -0.3 is 5.32 Å². The van der Waals surface area contributed by atoms with Crippen LogP contribution < -0.4 is 10.0 Å². The Bertz CT molecular complexity index is 1190. The zero-order chi connectivity index (χ0) is 21.2. The molecule has 150 valence electrons. The Morgan fingerprint density at radius 2 is 1.69 bits per heavy atom. The minimum Gasteiger partial charge on any atom is -0.319 e. The summed E-state index contributed by atoms with van der Waals surface area (Å²) in [5, 5.41) is 2.33. The zero-order valence-corrected chi connectivity index (χ0v) is 16.5. The molecule has 0 bridgehead atoms. The van der Waals surface area contributed by atoms with Crippen molar-refractivity contribution >= 4 is 27.3 Å². The van der Waals surface area contributed by atoms with Crippen molar-refractivity contribution in [3.63, 3.8) is 0 Å². The summed E-state index contributed by atoms with van der Waals surface area (Å²) in [5.41, 5.74) is 1.49. The van der Waals surface area contributed by atoms with Crippen LogP contribution in [0, 0.1) is 25.5 Å². The number of halogens is 2. The van der Waals surface area contributed by atoms with Gasteiger partial charge in [0.2, 0.25) is 0 Å². The Balaban J connectivity index is 1.83. The number of carbonyl (C=O) groups is 1. The fraction of sp³-hybridized carbons (Fsp3) is 0.0952. The van der Waals surface area contributed by atoms with E-state index in [-0.39, 0.29) is 21.8 Å². The van der Waals surface area contributed by atoms with E-state index in [1.807, 2.05) is 6.07 Å². The summed E-state index contributed by atoms with van der Waals surface area (Å²) >= 11 is 0. The lowest BCUT2D eigenvalue weighted by Gasteiger charge is -2.12. The highest BCUT2D eigenvalue weighted by molar-refractivity contribution is 7.92. The van der Waals surface area contributed by atoms with Crippen LogP contribution in [0.2, 0.25) is 0 Å². The number of hydrogen-bond donors (Lipinski definition) is 2. The molecule has 0 saturated carbocycles. The molecule has 5 nitrogen and oxygen atoms in total. The third-order valence-electron chi connectivity index (χ3n) is 4.19. The molecule has 1 amide bonds. The van der Waals surface area contributed by atoms with Crippen LogP contribution in [0.5, 0.6) is 0 Å². The first-order valence-electron chi connectivity index (χ1n) is 8.62. The minimum atomic E-state index is -3.86. The molecule has 0 aliphatic carbocycles. The van der Waals surface area contributed by atoms with E-state index >= 15 is 0 Å². The summed E-state index contributed by atoms with van der Waals surface area (Å²) in [4.78, 5) is 12.5. The summed E-state index contributed by atoms with van der Waals surface area (Å²) < 4.78 is 54.6. The van der Waals surface area contributed by atoms with Crippen molar-refractivity contribution in [1.29, 1.82) is 0 Å². The third kappa shape index (κ3) is 4.78. The summed E-state index contributed by atoms with van der Waals surface area (Å²) in [5.74, 6) is -2.34. The van der Waals surface area contributed by atoms with Gasteiger partial charge in [-0.25, -0.2) is 17.2 Å². The highest BCUT2D eigenvalue weighted by atomic mass is 32.2. The Morgan fingerprint density at radius 3 is 2.41 bits per heavy atom. The maximum Gasteiger partial charge on any atom is 0.262 e. The van der Waals surface area contributed by atoms with Crippen LogP contribution in [-0.4, -0.2) is 14.3 Å². The molecule has 8 heteroatoms. The number of nitrogens with one attached hydrogen (secondary N) is 2. The van der Waals surface area contributed by atoms with Crippen LogP contribution in [0.4, 0.5) is 20.2 Å². The number of sulfonamides is 1. The van der Waals surface area contributed by atoms with Crippen molar-refractivity contribution in [2.24, 2.45) is 0 Å². The number of benzene rings is 3. The number of amides is 1. The average molecular weight is 416 g/mol. The fourth-order valence-electron chi connectivity index (χ4n) is 2.72. The Kier molecular flexibility index (Phi) is 5.65. The summed E-state index contributed by atoms with van der Waals surface area (Å²) in [6.45, 7) is 3.48. The molecule has 2 N–H and O–H groups in total. The van der Waals surface area contributed by atoms with Gasteiger partial charge in [-0.1, -0.05) is 18.2 Å². The molecule has 0 aliphatic heterocycles. The van der Waals surface area contributed by atoms with Gasteiger partial charge in [-0.05, 0) is 61.4 Å². The van der Waals surface area contributed by atoms with Crippen LogP contribution >= 0.6 is 0 Å². The van der Waals surface area contributed by atoms with Crippen molar-refractivity contribution in [3.8, 4) is 0 Å². The standard InChI is InChI=1S/C21H18F2N2O3S/c1-13-6-7-14(2)20(10-13)29(27,28)25-17-5-3-4-15(11-17)21(26)24-19-9-8-16(22)12-18(19)23/h3-12,25H,1-2H3,(H,24,26). The SMILES string of the molecule is Cc1ccc(C)c(S(=O)(=O)Nc2cccc(C(=O)Nc3ccc(F)cc3F)c2)c1. The van der Waals surface area contributed by atoms with E-state index in [1.54, 1.807) is 26.0 Å². The number of aryl methyl sites for hydroxylation is 2. The van der Waals surface area contributed by atoms with E-state index in [4.69, 9.17) is 0 Å². The van der Waals surface area contributed by atoms with E-state index in [0.29, 0.717) is 11.6 Å². The molecule has 0 spiro atoms. The number of rotatable bonds is 5. The molecule has 3 aromatic rings. The van der Waals surface area contributed by atoms with E-state index in [0.717, 1.165) is 17.7 Å². The molecular weight excluding hydrogens is 398 g/mol. The smallest absolute Gasteiger partial charge is 0.262 e. The highest BCUT2D eigenvalue weighted by Crippen LogP contribution is 2.22. The fourth-order valence-corrected chi connectivity index (χ4v) is 4.10. The zero-order valence-electron chi connectivity index (χ0n) is 15.7. The highest BCUT2D eigenvalue weighted by Gasteiger charge is 2.18. The van der Waals surface area contributed by atoms with Crippen LogP contribution in [0.3, 0.4) is 0 Å². The third-order valence-corrected chi connectivity index (χ3v) is 5.71. The number of anilines is 2. The lowest BCUT2D eigenvalue weighted by atomic mass is 10.2. The summed E-state index contributed by atoms with van der Waals surface area (Å²) in [7, 11) is -3.86. The van der Waals surface area contributed by atoms with E-state index in [1.165, 1.54) is 24.3 Å². The molecule has 0 aliphatic rings. The first-order chi connectivity index (χ1) is 13.7. The van der Waals surface area contributed by atoms with Gasteiger partial charge >= 0.3 is 0 Å². The van der Waals surface area contributed by atoms with Crippen molar-refractivity contribution in [2.75, 3.05) is 10.0 Å². The van der Waals surface area contributed by atoms with E-state index in [9.17, 15) is 22.0 Å². The largest absolute Gasteiger partial charge is 0.319 e. The van der Waals surface area contributed by atoms with Gasteiger partial charge in [-0.3, -0.25) is 9.52 Å². The molecule has 0 atom stereocenters. The first-order valence-corrected chi connectivity index (χ1v) is 10.1. The monoisotopic (exact) mass is 416 g/mol. The van der Waals surface area contributed by atoms with Crippen LogP contribution in [0.25, 0.3) is 0 Å². The maximum atomic E-state index is 13.7. The lowest BCUT2D eigenvalue weighted by Crippen LogP contribution is -2.16. The minimum absolute atomic E-state index is 0.106. The topological polar surface area (TPSA) is 75.3 Å². The predicted molar refractivity (Wildman–Crippen MR) is 107 cm³/mol. The molecule has 0 saturated heterocycles. The summed E-state index contributed by atoms with van der Waals surface area (Å²) in [6, 6.07) is 13.7. The molecular formula is C21H18F2N2O3S. The molecule has 0 fully saturated rings. The molecule has 0 unspecified atom stereocenters. The van der Waals surface area contributed by atoms with Gasteiger partial charge in [0, 0.05) is 17.3 Å². The van der Waals surface area contributed by atoms with Gasteiger partial charge in [-0.15, -0.1) is 0 Å². The van der Waals surface area contributed by atoms with Gasteiger partial charge in [-0.2, -0.15) is 0 Å². The van der Waals surface area contributed by atoms with Crippen molar-refractivity contribution in [1.82, 2.24) is 0 Å². The second-order valence-electron chi connectivity index (χ2n) is 6.53. The molecule has 3 aromatic carbocycles. The molecule has 3 rings (SSSR count). The summed E-state index contributed by atoms with van der Waals surface area (Å²) in [6.07, 6.45) is 0. The van der Waals surface area contributed by atoms with Gasteiger partial charge in [0.15, 0.2) is 0 Å². The Morgan fingerprint density at radius 1 is 0.931 bits per heavy atom. The second kappa shape index (κ2) is 8.00. The van der Waals surface area contributed by atoms with Crippen LogP contribution in [0.1, 0.15) is 21.5 Å². The lowest BCUT2D eigenvalue weighted by molar-refractivity contribution is 0.102. The number of carbonyl (C=O) groups excluding carboxylic acids is 1. The van der Waals surface area contributed by atoms with Crippen molar-refractivity contribution < 1.29 is 22.0 Å². The van der Waals surface area contributed by atoms with Gasteiger partial charge in [0.1, 0.15) is 11.6 Å². The number of hydrogen-bond acceptors (Lipinski definition) is 3. The Labute approximate surface area is 167 Å². The molecule has 0 radical (unpaired) electrons. The van der Waals surface area contributed by atoms with Crippen molar-refractivity contribution in [2.45, 2.75) is 18.7 Å². The first kappa shape index (κ1) is 20.5. The maximum absolute atomic E-state index is 13.7. The van der Waals surface area contributed by atoms with Crippen LogP contribution in [-0.2, 0) is 10.0 Å².